The zero-order chi connectivity index (χ0) is 20.1. The Morgan fingerprint density at radius 3 is 2.00 bits per heavy atom. The molecule has 29 heavy (non-hydrogen) atoms. The van der Waals surface area contributed by atoms with Crippen molar-refractivity contribution < 1.29 is 4.79 Å². The van der Waals surface area contributed by atoms with E-state index in [1.807, 2.05) is 12.1 Å². The number of hydrogen-bond acceptors (Lipinski definition) is 4. The lowest BCUT2D eigenvalue weighted by atomic mass is 9.96. The van der Waals surface area contributed by atoms with Gasteiger partial charge in [0, 0.05) is 38.4 Å². The Bertz CT molecular complexity index is 852. The first-order valence-corrected chi connectivity index (χ1v) is 10.3. The van der Waals surface area contributed by atoms with E-state index < -0.39 is 0 Å². The summed E-state index contributed by atoms with van der Waals surface area (Å²) in [4.78, 5) is 17.0. The van der Waals surface area contributed by atoms with Gasteiger partial charge in [-0.2, -0.15) is 5.26 Å². The van der Waals surface area contributed by atoms with Gasteiger partial charge in [-0.3, -0.25) is 9.69 Å². The summed E-state index contributed by atoms with van der Waals surface area (Å²) in [5, 5.41) is 12.5. The third-order valence-corrected chi connectivity index (χ3v) is 5.59. The highest BCUT2D eigenvalue weighted by Gasteiger charge is 2.29. The lowest BCUT2D eigenvalue weighted by molar-refractivity contribution is -0.128. The molecule has 0 unspecified atom stereocenters. The topological polar surface area (TPSA) is 59.4 Å². The summed E-state index contributed by atoms with van der Waals surface area (Å²) in [5.41, 5.74) is 2.71. The Morgan fingerprint density at radius 1 is 0.966 bits per heavy atom. The minimum atomic E-state index is -0.170. The highest BCUT2D eigenvalue weighted by molar-refractivity contribution is 5.97. The number of benzene rings is 2. The minimum absolute atomic E-state index is 0.164. The summed E-state index contributed by atoms with van der Waals surface area (Å²) in [5.74, 6) is -0.170. The van der Waals surface area contributed by atoms with Crippen LogP contribution in [0.25, 0.3) is 0 Å². The average Bonchev–Trinajstić information content (AvgIpc) is 3.61. The highest BCUT2D eigenvalue weighted by Crippen LogP contribution is 2.29. The summed E-state index contributed by atoms with van der Waals surface area (Å²) < 4.78 is 0. The second-order valence-electron chi connectivity index (χ2n) is 7.66. The molecule has 0 spiro atoms. The van der Waals surface area contributed by atoms with Crippen molar-refractivity contribution in [1.82, 2.24) is 15.1 Å². The molecule has 1 N–H and O–H groups in total. The van der Waals surface area contributed by atoms with E-state index in [4.69, 9.17) is 0 Å². The van der Waals surface area contributed by atoms with Crippen LogP contribution in [-0.4, -0.2) is 47.9 Å². The number of nitrogens with one attached hydrogen (secondary N) is 1. The summed E-state index contributed by atoms with van der Waals surface area (Å²) >= 11 is 0. The second-order valence-corrected chi connectivity index (χ2v) is 7.66. The molecular formula is C24H26N4O. The normalized spacial score (nSPS) is 17.8. The fourth-order valence-corrected chi connectivity index (χ4v) is 3.83. The van der Waals surface area contributed by atoms with Gasteiger partial charge < -0.3 is 10.2 Å². The smallest absolute Gasteiger partial charge is 0.266 e. The molecule has 1 saturated carbocycles. The van der Waals surface area contributed by atoms with Gasteiger partial charge in [0.05, 0.1) is 6.04 Å². The molecule has 148 valence electrons. The van der Waals surface area contributed by atoms with E-state index in [9.17, 15) is 10.1 Å². The maximum Gasteiger partial charge on any atom is 0.266 e. The molecule has 2 aromatic carbocycles. The zero-order valence-corrected chi connectivity index (χ0v) is 16.5. The van der Waals surface area contributed by atoms with E-state index in [-0.39, 0.29) is 17.5 Å². The van der Waals surface area contributed by atoms with Crippen LogP contribution >= 0.6 is 0 Å². The van der Waals surface area contributed by atoms with Crippen molar-refractivity contribution in [2.75, 3.05) is 26.2 Å². The first-order chi connectivity index (χ1) is 14.3. The number of hydrogen-bond donors (Lipinski definition) is 1. The van der Waals surface area contributed by atoms with Crippen LogP contribution in [0.1, 0.15) is 30.0 Å². The fraction of sp³-hybridized carbons (Fsp3) is 0.333. The number of amides is 1. The Hall–Kier alpha value is -3.10. The molecule has 0 aromatic heterocycles. The first kappa shape index (κ1) is 19.2. The number of carbonyl (C=O) groups excluding carboxylic acids is 1. The van der Waals surface area contributed by atoms with E-state index in [0.717, 1.165) is 25.9 Å². The largest absolute Gasteiger partial charge is 0.387 e. The maximum atomic E-state index is 12.8. The van der Waals surface area contributed by atoms with Crippen LogP contribution < -0.4 is 5.32 Å². The lowest BCUT2D eigenvalue weighted by Crippen LogP contribution is -2.50. The van der Waals surface area contributed by atoms with Crippen molar-refractivity contribution in [2.45, 2.75) is 24.9 Å². The summed E-state index contributed by atoms with van der Waals surface area (Å²) in [7, 11) is 0. The van der Waals surface area contributed by atoms with Crippen molar-refractivity contribution >= 4 is 5.91 Å². The summed E-state index contributed by atoms with van der Waals surface area (Å²) in [6.45, 7) is 2.79. The molecule has 5 heteroatoms. The number of rotatable bonds is 6. The van der Waals surface area contributed by atoms with E-state index in [1.54, 1.807) is 11.1 Å². The SMILES string of the molecule is N#C/C(=C/NC1CC1)C(=O)N1CCN(C(c2ccccc2)c2ccccc2)CC1. The van der Waals surface area contributed by atoms with Crippen LogP contribution in [0.15, 0.2) is 72.4 Å². The van der Waals surface area contributed by atoms with Gasteiger partial charge in [-0.05, 0) is 24.0 Å². The molecule has 2 aliphatic rings. The number of carbonyl (C=O) groups is 1. The molecule has 1 saturated heterocycles. The Morgan fingerprint density at radius 2 is 1.52 bits per heavy atom. The van der Waals surface area contributed by atoms with Gasteiger partial charge in [0.15, 0.2) is 0 Å². The zero-order valence-electron chi connectivity index (χ0n) is 16.5. The third kappa shape index (κ3) is 4.67. The molecule has 1 aliphatic heterocycles. The Balaban J connectivity index is 1.46. The summed E-state index contributed by atoms with van der Waals surface area (Å²) in [6.07, 6.45) is 3.83. The Kier molecular flexibility index (Phi) is 5.92. The third-order valence-electron chi connectivity index (χ3n) is 5.59. The van der Waals surface area contributed by atoms with Crippen molar-refractivity contribution in [1.29, 1.82) is 5.26 Å². The van der Waals surface area contributed by atoms with Crippen LogP contribution in [0.3, 0.4) is 0 Å². The molecule has 1 heterocycles. The fourth-order valence-electron chi connectivity index (χ4n) is 3.83. The van der Waals surface area contributed by atoms with Gasteiger partial charge in [-0.15, -0.1) is 0 Å². The van der Waals surface area contributed by atoms with Gasteiger partial charge in [0.2, 0.25) is 0 Å². The van der Waals surface area contributed by atoms with Gasteiger partial charge in [0.1, 0.15) is 11.6 Å². The maximum absolute atomic E-state index is 12.8. The van der Waals surface area contributed by atoms with Crippen LogP contribution in [0, 0.1) is 11.3 Å². The van der Waals surface area contributed by atoms with Crippen LogP contribution in [0.4, 0.5) is 0 Å². The quantitative estimate of drug-likeness (QED) is 0.612. The molecule has 2 fully saturated rings. The molecule has 0 bridgehead atoms. The van der Waals surface area contributed by atoms with Gasteiger partial charge in [0.25, 0.3) is 5.91 Å². The van der Waals surface area contributed by atoms with Gasteiger partial charge in [-0.25, -0.2) is 0 Å². The minimum Gasteiger partial charge on any atom is -0.387 e. The van der Waals surface area contributed by atoms with Crippen molar-refractivity contribution in [2.24, 2.45) is 0 Å². The average molecular weight is 386 g/mol. The molecule has 1 amide bonds. The van der Waals surface area contributed by atoms with Crippen molar-refractivity contribution in [3.63, 3.8) is 0 Å². The predicted octanol–water partition coefficient (Wildman–Crippen LogP) is 3.08. The van der Waals surface area contributed by atoms with E-state index in [2.05, 4.69) is 64.8 Å². The molecule has 0 radical (unpaired) electrons. The van der Waals surface area contributed by atoms with Crippen molar-refractivity contribution in [3.8, 4) is 6.07 Å². The van der Waals surface area contributed by atoms with E-state index >= 15 is 0 Å². The molecular weight excluding hydrogens is 360 g/mol. The second kappa shape index (κ2) is 8.93. The van der Waals surface area contributed by atoms with E-state index in [0.29, 0.717) is 19.1 Å². The van der Waals surface area contributed by atoms with Gasteiger partial charge >= 0.3 is 0 Å². The molecule has 1 aliphatic carbocycles. The monoisotopic (exact) mass is 386 g/mol. The standard InChI is InChI=1S/C24H26N4O/c25-17-21(18-26-22-11-12-22)24(29)28-15-13-27(14-16-28)23(19-7-3-1-4-8-19)20-9-5-2-6-10-20/h1-10,18,22-23,26H,11-16H2/b21-18-. The van der Waals surface area contributed by atoms with Crippen LogP contribution in [0.5, 0.6) is 0 Å². The van der Waals surface area contributed by atoms with E-state index in [1.165, 1.54) is 11.1 Å². The first-order valence-electron chi connectivity index (χ1n) is 10.3. The Labute approximate surface area is 172 Å². The van der Waals surface area contributed by atoms with Gasteiger partial charge in [-0.1, -0.05) is 60.7 Å². The summed E-state index contributed by atoms with van der Waals surface area (Å²) in [6, 6.07) is 23.7. The molecule has 5 nitrogen and oxygen atoms in total. The molecule has 4 rings (SSSR count). The predicted molar refractivity (Wildman–Crippen MR) is 113 cm³/mol. The number of nitrogens with zero attached hydrogens (tertiary/aromatic N) is 3. The lowest BCUT2D eigenvalue weighted by Gasteiger charge is -2.39. The van der Waals surface area contributed by atoms with Crippen LogP contribution in [0.2, 0.25) is 0 Å². The van der Waals surface area contributed by atoms with Crippen molar-refractivity contribution in [3.05, 3.63) is 83.6 Å². The number of nitriles is 1. The molecule has 0 atom stereocenters. The number of piperazine rings is 1. The molecule has 2 aromatic rings. The van der Waals surface area contributed by atoms with Crippen LogP contribution in [-0.2, 0) is 4.79 Å². The highest BCUT2D eigenvalue weighted by atomic mass is 16.2.